The van der Waals surface area contributed by atoms with Gasteiger partial charge in [-0.2, -0.15) is 0 Å². The van der Waals surface area contributed by atoms with E-state index in [1.54, 1.807) is 0 Å². The molecule has 106 valence electrons. The summed E-state index contributed by atoms with van der Waals surface area (Å²) in [6, 6.07) is 0.153. The Hall–Kier alpha value is -0.170. The van der Waals surface area contributed by atoms with Gasteiger partial charge in [0.2, 0.25) is 10.0 Å². The third-order valence-electron chi connectivity index (χ3n) is 3.74. The van der Waals surface area contributed by atoms with E-state index in [9.17, 15) is 8.42 Å². The number of rotatable bonds is 4. The highest BCUT2D eigenvalue weighted by molar-refractivity contribution is 7.89. The second-order valence-corrected chi connectivity index (χ2v) is 7.31. The molecule has 0 spiro atoms. The van der Waals surface area contributed by atoms with Gasteiger partial charge in [0, 0.05) is 18.7 Å². The smallest absolute Gasteiger partial charge is 0.214 e. The van der Waals surface area contributed by atoms with Crippen LogP contribution in [0.25, 0.3) is 0 Å². The van der Waals surface area contributed by atoms with Crippen molar-refractivity contribution in [3.8, 4) is 0 Å². The molecule has 1 aliphatic carbocycles. The summed E-state index contributed by atoms with van der Waals surface area (Å²) in [5.41, 5.74) is 5.87. The minimum atomic E-state index is -3.23. The Morgan fingerprint density at radius 3 is 2.67 bits per heavy atom. The van der Waals surface area contributed by atoms with E-state index in [1.807, 2.05) is 0 Å². The maximum atomic E-state index is 12.0. The fourth-order valence-corrected chi connectivity index (χ4v) is 4.39. The molecule has 18 heavy (non-hydrogen) atoms. The van der Waals surface area contributed by atoms with Crippen molar-refractivity contribution in [1.29, 1.82) is 0 Å². The summed E-state index contributed by atoms with van der Waals surface area (Å²) in [7, 11) is -3.23. The Labute approximate surface area is 110 Å². The van der Waals surface area contributed by atoms with Gasteiger partial charge in [0.05, 0.1) is 11.9 Å². The van der Waals surface area contributed by atoms with E-state index in [1.165, 1.54) is 0 Å². The lowest BCUT2D eigenvalue weighted by Crippen LogP contribution is -2.44. The third-order valence-corrected chi connectivity index (χ3v) is 5.24. The molecule has 0 bridgehead atoms. The maximum absolute atomic E-state index is 12.0. The van der Waals surface area contributed by atoms with E-state index < -0.39 is 10.0 Å². The molecule has 2 aliphatic rings. The molecule has 0 aromatic carbocycles. The fourth-order valence-electron chi connectivity index (χ4n) is 2.82. The van der Waals surface area contributed by atoms with Crippen molar-refractivity contribution in [3.63, 3.8) is 0 Å². The summed E-state index contributed by atoms with van der Waals surface area (Å²) in [6.45, 7) is 0.689. The zero-order chi connectivity index (χ0) is 13.0. The molecule has 6 heteroatoms. The minimum absolute atomic E-state index is 0.0161. The molecule has 1 saturated carbocycles. The molecule has 3 N–H and O–H groups in total. The number of nitrogens with one attached hydrogen (secondary N) is 1. The molecule has 0 radical (unpaired) electrons. The van der Waals surface area contributed by atoms with Gasteiger partial charge in [0.1, 0.15) is 0 Å². The highest BCUT2D eigenvalue weighted by Crippen LogP contribution is 2.19. The molecule has 1 saturated heterocycles. The van der Waals surface area contributed by atoms with Crippen LogP contribution in [0.3, 0.4) is 0 Å². The Morgan fingerprint density at radius 1 is 1.17 bits per heavy atom. The van der Waals surface area contributed by atoms with Gasteiger partial charge < -0.3 is 10.5 Å². The van der Waals surface area contributed by atoms with Gasteiger partial charge in [-0.25, -0.2) is 13.1 Å². The lowest BCUT2D eigenvalue weighted by molar-refractivity contribution is 0.0303. The lowest BCUT2D eigenvalue weighted by atomic mass is 9.92. The largest absolute Gasteiger partial charge is 0.377 e. The van der Waals surface area contributed by atoms with Crippen LogP contribution in [0.15, 0.2) is 0 Å². The van der Waals surface area contributed by atoms with E-state index in [4.69, 9.17) is 10.5 Å². The predicted octanol–water partition coefficient (Wildman–Crippen LogP) is 0.745. The first kappa shape index (κ1) is 14.2. The van der Waals surface area contributed by atoms with Crippen molar-refractivity contribution in [1.82, 2.24) is 4.72 Å². The van der Waals surface area contributed by atoms with Crippen LogP contribution in [0.1, 0.15) is 44.9 Å². The summed E-state index contributed by atoms with van der Waals surface area (Å²) in [6.07, 6.45) is 6.50. The zero-order valence-corrected chi connectivity index (χ0v) is 11.6. The Morgan fingerprint density at radius 2 is 2.00 bits per heavy atom. The monoisotopic (exact) mass is 276 g/mol. The number of hydrogen-bond acceptors (Lipinski definition) is 4. The van der Waals surface area contributed by atoms with Crippen molar-refractivity contribution in [2.24, 2.45) is 5.73 Å². The molecule has 0 aromatic rings. The first-order valence-corrected chi connectivity index (χ1v) is 8.57. The summed E-state index contributed by atoms with van der Waals surface area (Å²) < 4.78 is 32.3. The molecule has 2 rings (SSSR count). The molecular formula is C12H24N2O3S. The number of ether oxygens (including phenoxy) is 1. The molecular weight excluding hydrogens is 252 g/mol. The van der Waals surface area contributed by atoms with Crippen molar-refractivity contribution in [2.45, 2.75) is 63.1 Å². The van der Waals surface area contributed by atoms with E-state index in [2.05, 4.69) is 4.72 Å². The van der Waals surface area contributed by atoms with Crippen LogP contribution in [0, 0.1) is 0 Å². The lowest BCUT2D eigenvalue weighted by Gasteiger charge is -2.28. The number of nitrogens with two attached hydrogens (primary N) is 1. The van der Waals surface area contributed by atoms with E-state index >= 15 is 0 Å². The van der Waals surface area contributed by atoms with Crippen LogP contribution in [-0.4, -0.2) is 39.0 Å². The first-order valence-electron chi connectivity index (χ1n) is 6.92. The topological polar surface area (TPSA) is 81.4 Å². The van der Waals surface area contributed by atoms with Crippen LogP contribution in [-0.2, 0) is 14.8 Å². The minimum Gasteiger partial charge on any atom is -0.377 e. The summed E-state index contributed by atoms with van der Waals surface area (Å²) in [5.74, 6) is 0.0960. The second kappa shape index (κ2) is 6.32. The highest BCUT2D eigenvalue weighted by atomic mass is 32.2. The average Bonchev–Trinajstić information content (AvgIpc) is 2.28. The zero-order valence-electron chi connectivity index (χ0n) is 10.8. The van der Waals surface area contributed by atoms with Crippen molar-refractivity contribution in [2.75, 3.05) is 12.4 Å². The third kappa shape index (κ3) is 4.50. The van der Waals surface area contributed by atoms with E-state index in [-0.39, 0.29) is 23.9 Å². The standard InChI is InChI=1S/C12H24N2O3S/c13-10-4-3-5-11(8-10)14-18(15,16)9-12-6-1-2-7-17-12/h10-12,14H,1-9,13H2. The van der Waals surface area contributed by atoms with Gasteiger partial charge in [-0.3, -0.25) is 0 Å². The van der Waals surface area contributed by atoms with Crippen molar-refractivity contribution in [3.05, 3.63) is 0 Å². The van der Waals surface area contributed by atoms with E-state index in [0.717, 1.165) is 44.9 Å². The number of hydrogen-bond donors (Lipinski definition) is 2. The Kier molecular flexibility index (Phi) is 5.00. The van der Waals surface area contributed by atoms with Crippen molar-refractivity contribution >= 4 is 10.0 Å². The van der Waals surface area contributed by atoms with Crippen LogP contribution in [0.2, 0.25) is 0 Å². The fraction of sp³-hybridized carbons (Fsp3) is 1.00. The number of sulfonamides is 1. The SMILES string of the molecule is NC1CCCC(NS(=O)(=O)CC2CCCCO2)C1. The second-order valence-electron chi connectivity index (χ2n) is 5.51. The van der Waals surface area contributed by atoms with Gasteiger partial charge in [0.25, 0.3) is 0 Å². The quantitative estimate of drug-likeness (QED) is 0.793. The van der Waals surface area contributed by atoms with Gasteiger partial charge in [-0.15, -0.1) is 0 Å². The van der Waals surface area contributed by atoms with Crippen LogP contribution >= 0.6 is 0 Å². The normalized spacial score (nSPS) is 34.4. The van der Waals surface area contributed by atoms with Crippen LogP contribution in [0.5, 0.6) is 0 Å². The molecule has 1 heterocycles. The molecule has 3 atom stereocenters. The first-order chi connectivity index (χ1) is 8.55. The summed E-state index contributed by atoms with van der Waals surface area (Å²) in [4.78, 5) is 0. The Bertz CT molecular complexity index is 352. The molecule has 5 nitrogen and oxygen atoms in total. The van der Waals surface area contributed by atoms with Crippen LogP contribution < -0.4 is 10.5 Å². The van der Waals surface area contributed by atoms with Gasteiger partial charge in [-0.1, -0.05) is 6.42 Å². The van der Waals surface area contributed by atoms with E-state index in [0.29, 0.717) is 6.61 Å². The van der Waals surface area contributed by atoms with Crippen molar-refractivity contribution < 1.29 is 13.2 Å². The molecule has 0 amide bonds. The Balaban J connectivity index is 1.82. The predicted molar refractivity (Wildman–Crippen MR) is 70.7 cm³/mol. The van der Waals surface area contributed by atoms with Crippen LogP contribution in [0.4, 0.5) is 0 Å². The summed E-state index contributed by atoms with van der Waals surface area (Å²) in [5, 5.41) is 0. The van der Waals surface area contributed by atoms with Gasteiger partial charge >= 0.3 is 0 Å². The molecule has 2 fully saturated rings. The van der Waals surface area contributed by atoms with Gasteiger partial charge in [-0.05, 0) is 38.5 Å². The summed E-state index contributed by atoms with van der Waals surface area (Å²) >= 11 is 0. The maximum Gasteiger partial charge on any atom is 0.214 e. The molecule has 1 aliphatic heterocycles. The molecule has 3 unspecified atom stereocenters. The van der Waals surface area contributed by atoms with Gasteiger partial charge in [0.15, 0.2) is 0 Å². The average molecular weight is 276 g/mol. The highest BCUT2D eigenvalue weighted by Gasteiger charge is 2.27. The molecule has 0 aromatic heterocycles.